The van der Waals surface area contributed by atoms with E-state index < -0.39 is 0 Å². The van der Waals surface area contributed by atoms with E-state index in [1.807, 2.05) is 12.1 Å². The van der Waals surface area contributed by atoms with Crippen LogP contribution in [-0.2, 0) is 0 Å². The first-order chi connectivity index (χ1) is 11.7. The fraction of sp³-hybridized carbons (Fsp3) is 0.682. The summed E-state index contributed by atoms with van der Waals surface area (Å²) in [5, 5.41) is 0. The minimum Gasteiger partial charge on any atom is -0.366 e. The second-order valence-electron chi connectivity index (χ2n) is 8.10. The van der Waals surface area contributed by atoms with Gasteiger partial charge in [-0.15, -0.1) is 0 Å². The van der Waals surface area contributed by atoms with E-state index in [0.29, 0.717) is 16.9 Å². The molecule has 1 unspecified atom stereocenters. The molecule has 0 saturated heterocycles. The summed E-state index contributed by atoms with van der Waals surface area (Å²) in [6.45, 7) is 2.30. The van der Waals surface area contributed by atoms with Crippen LogP contribution in [0.5, 0.6) is 0 Å². The minimum atomic E-state index is -0.321. The lowest BCUT2D eigenvalue weighted by Gasteiger charge is -2.53. The first-order valence-electron chi connectivity index (χ1n) is 10.1. The van der Waals surface area contributed by atoms with Crippen molar-refractivity contribution in [2.45, 2.75) is 83.5 Å². The molecule has 0 aromatic heterocycles. The lowest BCUT2D eigenvalue weighted by atomic mass is 9.51. The van der Waals surface area contributed by atoms with E-state index in [-0.39, 0.29) is 5.91 Å². The fourth-order valence-electron chi connectivity index (χ4n) is 5.67. The zero-order valence-corrected chi connectivity index (χ0v) is 15.2. The van der Waals surface area contributed by atoms with Crippen LogP contribution >= 0.6 is 0 Å². The van der Waals surface area contributed by atoms with Crippen molar-refractivity contribution in [3.05, 3.63) is 35.4 Å². The van der Waals surface area contributed by atoms with Crippen LogP contribution in [0.1, 0.15) is 99.4 Å². The van der Waals surface area contributed by atoms with Gasteiger partial charge in [0.1, 0.15) is 0 Å². The van der Waals surface area contributed by atoms with E-state index in [4.69, 9.17) is 5.73 Å². The first kappa shape index (κ1) is 17.5. The largest absolute Gasteiger partial charge is 0.366 e. The summed E-state index contributed by atoms with van der Waals surface area (Å²) in [6.07, 6.45) is 15.2. The molecule has 2 aliphatic rings. The standard InChI is InChI=1S/C22H33NO/c1-2-3-5-15-22-16-6-4-8-19(22)9-7-10-20(22)17-11-13-18(14-12-17)21(23)24/h11-14,19-20H,2-10,15-16H2,1H3,(H2,23,24)/t19-,20?,22+/m1/s1. The molecule has 2 saturated carbocycles. The van der Waals surface area contributed by atoms with Gasteiger partial charge in [0.15, 0.2) is 0 Å². The van der Waals surface area contributed by atoms with Gasteiger partial charge in [0, 0.05) is 5.56 Å². The molecule has 0 spiro atoms. The molecule has 24 heavy (non-hydrogen) atoms. The van der Waals surface area contributed by atoms with Crippen molar-refractivity contribution in [3.8, 4) is 0 Å². The van der Waals surface area contributed by atoms with Crippen LogP contribution in [-0.4, -0.2) is 5.91 Å². The van der Waals surface area contributed by atoms with Crippen LogP contribution in [0.2, 0.25) is 0 Å². The molecule has 1 aromatic rings. The number of amides is 1. The third-order valence-corrected chi connectivity index (χ3v) is 6.84. The molecule has 3 atom stereocenters. The summed E-state index contributed by atoms with van der Waals surface area (Å²) in [5.74, 6) is 1.27. The van der Waals surface area contributed by atoms with Crippen molar-refractivity contribution in [1.29, 1.82) is 0 Å². The Morgan fingerprint density at radius 1 is 1.08 bits per heavy atom. The maximum Gasteiger partial charge on any atom is 0.248 e. The van der Waals surface area contributed by atoms with E-state index in [0.717, 1.165) is 5.92 Å². The highest BCUT2D eigenvalue weighted by atomic mass is 16.1. The number of carbonyl (C=O) groups is 1. The zero-order valence-electron chi connectivity index (χ0n) is 15.2. The molecule has 132 valence electrons. The third-order valence-electron chi connectivity index (χ3n) is 6.84. The molecule has 0 heterocycles. The maximum absolute atomic E-state index is 11.4. The molecule has 2 N–H and O–H groups in total. The number of rotatable bonds is 6. The number of unbranched alkanes of at least 4 members (excludes halogenated alkanes) is 2. The number of carbonyl (C=O) groups excluding carboxylic acids is 1. The monoisotopic (exact) mass is 327 g/mol. The average Bonchev–Trinajstić information content (AvgIpc) is 2.61. The number of primary amides is 1. The Morgan fingerprint density at radius 2 is 1.83 bits per heavy atom. The molecular formula is C22H33NO. The molecule has 0 radical (unpaired) electrons. The molecule has 2 heteroatoms. The second kappa shape index (κ2) is 7.72. The van der Waals surface area contributed by atoms with Crippen molar-refractivity contribution in [2.75, 3.05) is 0 Å². The highest BCUT2D eigenvalue weighted by Gasteiger charge is 2.48. The van der Waals surface area contributed by atoms with E-state index >= 15 is 0 Å². The van der Waals surface area contributed by atoms with Crippen LogP contribution in [0.4, 0.5) is 0 Å². The minimum absolute atomic E-state index is 0.321. The molecule has 2 aliphatic carbocycles. The van der Waals surface area contributed by atoms with E-state index in [9.17, 15) is 4.79 Å². The Bertz CT molecular complexity index is 548. The van der Waals surface area contributed by atoms with Gasteiger partial charge in [0.25, 0.3) is 0 Å². The Labute approximate surface area is 147 Å². The summed E-state index contributed by atoms with van der Waals surface area (Å²) >= 11 is 0. The number of nitrogens with two attached hydrogens (primary N) is 1. The van der Waals surface area contributed by atoms with Gasteiger partial charge in [-0.05, 0) is 67.1 Å². The summed E-state index contributed by atoms with van der Waals surface area (Å²) in [7, 11) is 0. The highest BCUT2D eigenvalue weighted by molar-refractivity contribution is 5.92. The van der Waals surface area contributed by atoms with Crippen LogP contribution in [0.15, 0.2) is 24.3 Å². The molecule has 2 fully saturated rings. The molecule has 1 amide bonds. The van der Waals surface area contributed by atoms with Crippen molar-refractivity contribution >= 4 is 5.91 Å². The van der Waals surface area contributed by atoms with Gasteiger partial charge in [0.2, 0.25) is 5.91 Å². The zero-order chi connectivity index (χ0) is 17.0. The topological polar surface area (TPSA) is 43.1 Å². The predicted molar refractivity (Wildman–Crippen MR) is 100 cm³/mol. The van der Waals surface area contributed by atoms with Crippen molar-refractivity contribution < 1.29 is 4.79 Å². The highest BCUT2D eigenvalue weighted by Crippen LogP contribution is 2.59. The van der Waals surface area contributed by atoms with Crippen molar-refractivity contribution in [1.82, 2.24) is 0 Å². The molecule has 0 bridgehead atoms. The summed E-state index contributed by atoms with van der Waals surface area (Å²) in [6, 6.07) is 8.24. The Hall–Kier alpha value is -1.31. The van der Waals surface area contributed by atoms with Gasteiger partial charge >= 0.3 is 0 Å². The third kappa shape index (κ3) is 3.38. The van der Waals surface area contributed by atoms with Gasteiger partial charge in [0.05, 0.1) is 0 Å². The van der Waals surface area contributed by atoms with Gasteiger partial charge < -0.3 is 5.73 Å². The predicted octanol–water partition coefficient (Wildman–Crippen LogP) is 5.81. The van der Waals surface area contributed by atoms with Crippen molar-refractivity contribution in [2.24, 2.45) is 17.1 Å². The van der Waals surface area contributed by atoms with Crippen LogP contribution in [0, 0.1) is 11.3 Å². The fourth-order valence-corrected chi connectivity index (χ4v) is 5.67. The first-order valence-corrected chi connectivity index (χ1v) is 10.1. The number of fused-ring (bicyclic) bond motifs is 1. The normalized spacial score (nSPS) is 29.9. The number of benzene rings is 1. The number of hydrogen-bond donors (Lipinski definition) is 1. The SMILES string of the molecule is CCCCC[C@]12CCCC[C@@H]1CCCC2c1ccc(C(N)=O)cc1. The van der Waals surface area contributed by atoms with Gasteiger partial charge in [-0.2, -0.15) is 0 Å². The number of hydrogen-bond acceptors (Lipinski definition) is 1. The second-order valence-corrected chi connectivity index (χ2v) is 8.10. The Kier molecular flexibility index (Phi) is 5.63. The summed E-state index contributed by atoms with van der Waals surface area (Å²) in [5.41, 5.74) is 8.01. The van der Waals surface area contributed by atoms with Gasteiger partial charge in [-0.1, -0.05) is 57.6 Å². The van der Waals surface area contributed by atoms with Crippen molar-refractivity contribution in [3.63, 3.8) is 0 Å². The lowest BCUT2D eigenvalue weighted by Crippen LogP contribution is -2.42. The lowest BCUT2D eigenvalue weighted by molar-refractivity contribution is 0.00976. The van der Waals surface area contributed by atoms with Gasteiger partial charge in [-0.3, -0.25) is 4.79 Å². The molecule has 2 nitrogen and oxygen atoms in total. The Balaban J connectivity index is 1.88. The van der Waals surface area contributed by atoms with Crippen LogP contribution in [0.25, 0.3) is 0 Å². The van der Waals surface area contributed by atoms with E-state index in [2.05, 4.69) is 19.1 Å². The summed E-state index contributed by atoms with van der Waals surface area (Å²) < 4.78 is 0. The molecule has 3 rings (SSSR count). The quantitative estimate of drug-likeness (QED) is 0.658. The molecule has 1 aromatic carbocycles. The van der Waals surface area contributed by atoms with E-state index in [1.165, 1.54) is 76.2 Å². The molecule has 0 aliphatic heterocycles. The maximum atomic E-state index is 11.4. The molecular weight excluding hydrogens is 294 g/mol. The van der Waals surface area contributed by atoms with E-state index in [1.54, 1.807) is 0 Å². The van der Waals surface area contributed by atoms with Gasteiger partial charge in [-0.25, -0.2) is 0 Å². The van der Waals surface area contributed by atoms with Crippen LogP contribution < -0.4 is 5.73 Å². The smallest absolute Gasteiger partial charge is 0.248 e. The Morgan fingerprint density at radius 3 is 2.54 bits per heavy atom. The van der Waals surface area contributed by atoms with Crippen LogP contribution in [0.3, 0.4) is 0 Å². The average molecular weight is 328 g/mol. The summed E-state index contributed by atoms with van der Waals surface area (Å²) in [4.78, 5) is 11.4.